The minimum absolute atomic E-state index is 0.0418. The zero-order valence-corrected chi connectivity index (χ0v) is 14.3. The van der Waals surface area contributed by atoms with Gasteiger partial charge >= 0.3 is 0 Å². The number of benzene rings is 1. The number of nitrogens with zero attached hydrogens (tertiary/aromatic N) is 1. The molecule has 0 spiro atoms. The maximum atomic E-state index is 13.5. The summed E-state index contributed by atoms with van der Waals surface area (Å²) >= 11 is 5.83. The molecule has 1 aromatic carbocycles. The fourth-order valence-electron chi connectivity index (χ4n) is 2.99. The van der Waals surface area contributed by atoms with Crippen molar-refractivity contribution in [3.05, 3.63) is 88.7 Å². The average molecular weight is 388 g/mol. The minimum atomic E-state index is -1.06. The van der Waals surface area contributed by atoms with Gasteiger partial charge in [-0.3, -0.25) is 14.5 Å². The molecular formula is C19H11ClFNO5. The lowest BCUT2D eigenvalue weighted by Gasteiger charge is -2.25. The second-order valence-corrected chi connectivity index (χ2v) is 6.17. The number of rotatable bonds is 4. The van der Waals surface area contributed by atoms with Crippen LogP contribution in [0.25, 0.3) is 0 Å². The van der Waals surface area contributed by atoms with Crippen LogP contribution >= 0.6 is 11.6 Å². The van der Waals surface area contributed by atoms with Gasteiger partial charge in [0.25, 0.3) is 5.91 Å². The third-order valence-corrected chi connectivity index (χ3v) is 4.48. The monoisotopic (exact) mass is 387 g/mol. The summed E-state index contributed by atoms with van der Waals surface area (Å²) < 4.78 is 24.0. The Morgan fingerprint density at radius 3 is 2.52 bits per heavy atom. The second-order valence-electron chi connectivity index (χ2n) is 5.76. The lowest BCUT2D eigenvalue weighted by molar-refractivity contribution is -0.117. The number of amides is 1. The van der Waals surface area contributed by atoms with Crippen LogP contribution in [0.4, 0.5) is 10.1 Å². The molecule has 4 rings (SSSR count). The van der Waals surface area contributed by atoms with Gasteiger partial charge in [0.1, 0.15) is 17.6 Å². The summed E-state index contributed by atoms with van der Waals surface area (Å²) in [5, 5.41) is 10.2. The van der Waals surface area contributed by atoms with Gasteiger partial charge in [0.05, 0.1) is 23.1 Å². The van der Waals surface area contributed by atoms with E-state index in [1.165, 1.54) is 36.8 Å². The summed E-state index contributed by atoms with van der Waals surface area (Å²) in [4.78, 5) is 26.7. The lowest BCUT2D eigenvalue weighted by Crippen LogP contribution is -2.30. The Labute approximate surface area is 157 Å². The van der Waals surface area contributed by atoms with Crippen molar-refractivity contribution in [1.82, 2.24) is 0 Å². The first-order valence-corrected chi connectivity index (χ1v) is 8.20. The molecule has 0 saturated heterocycles. The van der Waals surface area contributed by atoms with Crippen LogP contribution in [0, 0.1) is 5.82 Å². The van der Waals surface area contributed by atoms with Crippen molar-refractivity contribution >= 4 is 29.0 Å². The third-order valence-electron chi connectivity index (χ3n) is 4.19. The largest absolute Gasteiger partial charge is 0.503 e. The Morgan fingerprint density at radius 2 is 1.89 bits per heavy atom. The number of halogens is 2. The number of hydrogen-bond acceptors (Lipinski definition) is 5. The fraction of sp³-hybridized carbons (Fsp3) is 0.0526. The van der Waals surface area contributed by atoms with Crippen LogP contribution in [0.2, 0.25) is 5.02 Å². The average Bonchev–Trinajstić information content (AvgIpc) is 3.39. The molecular weight excluding hydrogens is 377 g/mol. The van der Waals surface area contributed by atoms with Crippen molar-refractivity contribution in [2.24, 2.45) is 0 Å². The minimum Gasteiger partial charge on any atom is -0.503 e. The quantitative estimate of drug-likeness (QED) is 0.669. The highest BCUT2D eigenvalue weighted by molar-refractivity contribution is 6.31. The molecule has 3 aromatic rings. The van der Waals surface area contributed by atoms with Crippen LogP contribution in [0.3, 0.4) is 0 Å². The first-order valence-electron chi connectivity index (χ1n) is 7.82. The topological polar surface area (TPSA) is 83.9 Å². The van der Waals surface area contributed by atoms with Gasteiger partial charge in [-0.15, -0.1) is 0 Å². The molecule has 0 aliphatic carbocycles. The van der Waals surface area contributed by atoms with Crippen molar-refractivity contribution in [2.45, 2.75) is 6.04 Å². The maximum absolute atomic E-state index is 13.5. The maximum Gasteiger partial charge on any atom is 0.294 e. The van der Waals surface area contributed by atoms with Crippen LogP contribution in [-0.2, 0) is 4.79 Å². The molecule has 0 fully saturated rings. The van der Waals surface area contributed by atoms with Crippen molar-refractivity contribution in [2.75, 3.05) is 4.90 Å². The van der Waals surface area contributed by atoms with Gasteiger partial charge in [-0.2, -0.15) is 0 Å². The number of furan rings is 2. The number of carbonyl (C=O) groups is 2. The molecule has 27 heavy (non-hydrogen) atoms. The molecule has 0 radical (unpaired) electrons. The molecule has 0 saturated carbocycles. The van der Waals surface area contributed by atoms with Gasteiger partial charge < -0.3 is 13.9 Å². The Bertz CT molecular complexity index is 1060. The molecule has 6 nitrogen and oxygen atoms in total. The summed E-state index contributed by atoms with van der Waals surface area (Å²) in [6.45, 7) is 0. The van der Waals surface area contributed by atoms with Crippen LogP contribution < -0.4 is 4.90 Å². The Kier molecular flexibility index (Phi) is 4.08. The van der Waals surface area contributed by atoms with Crippen molar-refractivity contribution < 1.29 is 27.9 Å². The van der Waals surface area contributed by atoms with E-state index in [-0.39, 0.29) is 27.8 Å². The Morgan fingerprint density at radius 1 is 1.15 bits per heavy atom. The zero-order valence-electron chi connectivity index (χ0n) is 13.6. The predicted octanol–water partition coefficient (Wildman–Crippen LogP) is 4.45. The van der Waals surface area contributed by atoms with Crippen LogP contribution in [0.1, 0.15) is 22.4 Å². The summed E-state index contributed by atoms with van der Waals surface area (Å²) in [6.07, 6.45) is 2.68. The smallest absolute Gasteiger partial charge is 0.294 e. The standard InChI is InChI=1S/C19H11ClFNO5/c20-11-9-10(5-6-12(11)21)22-16(13-3-1-7-26-13)15(18(24)19(22)25)17(23)14-4-2-8-27-14/h1-9,16,24H. The van der Waals surface area contributed by atoms with Crippen molar-refractivity contribution in [3.63, 3.8) is 0 Å². The van der Waals surface area contributed by atoms with E-state index in [9.17, 15) is 19.1 Å². The van der Waals surface area contributed by atoms with Gasteiger partial charge in [0, 0.05) is 5.69 Å². The fourth-order valence-corrected chi connectivity index (χ4v) is 3.17. The van der Waals surface area contributed by atoms with E-state index in [2.05, 4.69) is 0 Å². The molecule has 0 bridgehead atoms. The van der Waals surface area contributed by atoms with Crippen molar-refractivity contribution in [3.8, 4) is 0 Å². The molecule has 3 heterocycles. The molecule has 136 valence electrons. The molecule has 2 aromatic heterocycles. The third kappa shape index (κ3) is 2.72. The molecule has 1 atom stereocenters. The van der Waals surface area contributed by atoms with Gasteiger partial charge in [-0.25, -0.2) is 4.39 Å². The van der Waals surface area contributed by atoms with Gasteiger partial charge in [-0.1, -0.05) is 11.6 Å². The van der Waals surface area contributed by atoms with Crippen molar-refractivity contribution in [1.29, 1.82) is 0 Å². The van der Waals surface area contributed by atoms with E-state index < -0.39 is 29.3 Å². The highest BCUT2D eigenvalue weighted by Gasteiger charge is 2.46. The molecule has 1 aliphatic rings. The van der Waals surface area contributed by atoms with Crippen LogP contribution in [0.15, 0.2) is 75.2 Å². The van der Waals surface area contributed by atoms with Gasteiger partial charge in [0.15, 0.2) is 11.5 Å². The zero-order chi connectivity index (χ0) is 19.1. The molecule has 1 unspecified atom stereocenters. The Balaban J connectivity index is 1.87. The van der Waals surface area contributed by atoms with E-state index in [4.69, 9.17) is 20.4 Å². The number of anilines is 1. The van der Waals surface area contributed by atoms with Gasteiger partial charge in [0.2, 0.25) is 5.78 Å². The van der Waals surface area contributed by atoms with E-state index in [1.807, 2.05) is 0 Å². The summed E-state index contributed by atoms with van der Waals surface area (Å²) in [5.74, 6) is -2.71. The molecule has 1 amide bonds. The molecule has 8 heteroatoms. The summed E-state index contributed by atoms with van der Waals surface area (Å²) in [6, 6.07) is 8.66. The Hall–Kier alpha value is -3.32. The SMILES string of the molecule is O=C(C1=C(O)C(=O)N(c2ccc(F)c(Cl)c2)C1c1ccco1)c1ccco1. The number of carbonyl (C=O) groups excluding carboxylic acids is 2. The van der Waals surface area contributed by atoms with E-state index in [0.717, 1.165) is 11.0 Å². The number of Topliss-reactive ketones (excluding diaryl/α,β-unsaturated/α-hetero) is 1. The second kappa shape index (κ2) is 6.44. The number of aliphatic hydroxyl groups excluding tert-OH is 1. The first kappa shape index (κ1) is 17.1. The number of ketones is 1. The summed E-state index contributed by atoms with van der Waals surface area (Å²) in [7, 11) is 0. The van der Waals surface area contributed by atoms with Gasteiger partial charge in [-0.05, 0) is 42.5 Å². The highest BCUT2D eigenvalue weighted by atomic mass is 35.5. The number of aliphatic hydroxyl groups is 1. The van der Waals surface area contributed by atoms with Crippen LogP contribution in [0.5, 0.6) is 0 Å². The molecule has 1 N–H and O–H groups in total. The lowest BCUT2D eigenvalue weighted by atomic mass is 9.99. The predicted molar refractivity (Wildman–Crippen MR) is 93.0 cm³/mol. The van der Waals surface area contributed by atoms with E-state index in [0.29, 0.717) is 0 Å². The normalized spacial score (nSPS) is 17.0. The van der Waals surface area contributed by atoms with Crippen LogP contribution in [-0.4, -0.2) is 16.8 Å². The molecule has 1 aliphatic heterocycles. The first-order chi connectivity index (χ1) is 13.0. The number of hydrogen-bond donors (Lipinski definition) is 1. The summed E-state index contributed by atoms with van der Waals surface area (Å²) in [5.41, 5.74) is -0.00746. The van der Waals surface area contributed by atoms with E-state index in [1.54, 1.807) is 12.1 Å². The highest BCUT2D eigenvalue weighted by Crippen LogP contribution is 2.42. The van der Waals surface area contributed by atoms with E-state index >= 15 is 0 Å².